The number of hydrogen-bond donors (Lipinski definition) is 1. The normalized spacial score (nSPS) is 22.2. The zero-order chi connectivity index (χ0) is 18.2. The number of carboxylic acid groups (broad SMARTS) is 1. The van der Waals surface area contributed by atoms with E-state index in [0.29, 0.717) is 0 Å². The molecule has 0 bridgehead atoms. The Bertz CT molecular complexity index is 667. The number of alkyl halides is 3. The van der Waals surface area contributed by atoms with Gasteiger partial charge in [0.05, 0.1) is 17.4 Å². The SMILES string of the molecule is Cl.Cl.O=C(O)[C@@H]1CN(C(=O)c2ccc(N3CCCC3)nc2)C[C@H]1C(F)(F)F. The summed E-state index contributed by atoms with van der Waals surface area (Å²) >= 11 is 0. The number of carbonyl (C=O) groups excluding carboxylic acids is 1. The molecule has 2 aliphatic rings. The molecule has 0 radical (unpaired) electrons. The van der Waals surface area contributed by atoms with Crippen LogP contribution in [0.15, 0.2) is 18.3 Å². The Morgan fingerprint density at radius 2 is 1.74 bits per heavy atom. The van der Waals surface area contributed by atoms with Crippen LogP contribution in [0.3, 0.4) is 0 Å². The molecular weight excluding hydrogens is 410 g/mol. The van der Waals surface area contributed by atoms with Crippen molar-refractivity contribution in [1.29, 1.82) is 0 Å². The van der Waals surface area contributed by atoms with E-state index in [-0.39, 0.29) is 30.4 Å². The summed E-state index contributed by atoms with van der Waals surface area (Å²) in [4.78, 5) is 30.8. The van der Waals surface area contributed by atoms with Crippen LogP contribution in [-0.4, -0.2) is 59.2 Å². The number of amides is 1. The molecule has 0 aromatic carbocycles. The lowest BCUT2D eigenvalue weighted by atomic mass is 9.96. The van der Waals surface area contributed by atoms with E-state index in [1.807, 2.05) is 0 Å². The van der Waals surface area contributed by atoms with E-state index in [1.165, 1.54) is 12.3 Å². The molecule has 2 aliphatic heterocycles. The molecule has 1 aromatic heterocycles. The minimum Gasteiger partial charge on any atom is -0.481 e. The van der Waals surface area contributed by atoms with Gasteiger partial charge >= 0.3 is 12.1 Å². The first-order valence-corrected chi connectivity index (χ1v) is 8.07. The van der Waals surface area contributed by atoms with Crippen LogP contribution in [0.2, 0.25) is 0 Å². The first-order valence-electron chi connectivity index (χ1n) is 8.07. The summed E-state index contributed by atoms with van der Waals surface area (Å²) in [5.74, 6) is -5.13. The van der Waals surface area contributed by atoms with Gasteiger partial charge in [-0.1, -0.05) is 0 Å². The van der Waals surface area contributed by atoms with Crippen LogP contribution in [0.1, 0.15) is 23.2 Å². The number of hydrogen-bond acceptors (Lipinski definition) is 4. The van der Waals surface area contributed by atoms with E-state index < -0.39 is 43.0 Å². The van der Waals surface area contributed by atoms with Crippen molar-refractivity contribution in [2.24, 2.45) is 11.8 Å². The van der Waals surface area contributed by atoms with Crippen LogP contribution in [-0.2, 0) is 4.79 Å². The standard InChI is InChI=1S/C16H18F3N3O3.2ClH/c17-16(18,19)12-9-22(8-11(12)15(24)25)14(23)10-3-4-13(20-7-10)21-5-1-2-6-21;;/h3-4,7,11-12H,1-2,5-6,8-9H2,(H,24,25);2*1H/t11-,12-;;/m1../s1. The van der Waals surface area contributed by atoms with E-state index in [4.69, 9.17) is 5.11 Å². The highest BCUT2D eigenvalue weighted by Gasteiger charge is 2.53. The molecule has 152 valence electrons. The molecule has 0 spiro atoms. The van der Waals surface area contributed by atoms with Crippen molar-refractivity contribution >= 4 is 42.5 Å². The summed E-state index contributed by atoms with van der Waals surface area (Å²) in [5, 5.41) is 9.02. The van der Waals surface area contributed by atoms with E-state index in [1.54, 1.807) is 6.07 Å². The lowest BCUT2D eigenvalue weighted by molar-refractivity contribution is -0.187. The highest BCUT2D eigenvalue weighted by Crippen LogP contribution is 2.38. The second-order valence-electron chi connectivity index (χ2n) is 6.40. The smallest absolute Gasteiger partial charge is 0.394 e. The third-order valence-corrected chi connectivity index (χ3v) is 4.77. The fourth-order valence-electron chi connectivity index (χ4n) is 3.38. The van der Waals surface area contributed by atoms with E-state index in [2.05, 4.69) is 9.88 Å². The van der Waals surface area contributed by atoms with Crippen molar-refractivity contribution in [3.05, 3.63) is 23.9 Å². The number of anilines is 1. The molecule has 1 amide bonds. The quantitative estimate of drug-likeness (QED) is 0.799. The summed E-state index contributed by atoms with van der Waals surface area (Å²) in [5.41, 5.74) is 0.162. The van der Waals surface area contributed by atoms with Crippen LogP contribution in [0.4, 0.5) is 19.0 Å². The van der Waals surface area contributed by atoms with Crippen molar-refractivity contribution in [3.63, 3.8) is 0 Å². The fourth-order valence-corrected chi connectivity index (χ4v) is 3.38. The molecule has 3 heterocycles. The van der Waals surface area contributed by atoms with Crippen molar-refractivity contribution < 1.29 is 27.9 Å². The molecule has 2 atom stereocenters. The Morgan fingerprint density at radius 3 is 2.19 bits per heavy atom. The number of pyridine rings is 1. The second-order valence-corrected chi connectivity index (χ2v) is 6.40. The summed E-state index contributed by atoms with van der Waals surface area (Å²) in [6.45, 7) is 0.680. The minimum atomic E-state index is -4.66. The summed E-state index contributed by atoms with van der Waals surface area (Å²) < 4.78 is 39.1. The van der Waals surface area contributed by atoms with Gasteiger partial charge in [-0.2, -0.15) is 13.2 Å². The summed E-state index contributed by atoms with van der Waals surface area (Å²) in [7, 11) is 0. The number of nitrogens with zero attached hydrogens (tertiary/aromatic N) is 3. The number of carboxylic acids is 1. The van der Waals surface area contributed by atoms with Gasteiger partial charge in [0.2, 0.25) is 0 Å². The molecule has 0 unspecified atom stereocenters. The van der Waals surface area contributed by atoms with E-state index >= 15 is 0 Å². The zero-order valence-corrected chi connectivity index (χ0v) is 15.8. The molecule has 6 nitrogen and oxygen atoms in total. The van der Waals surface area contributed by atoms with Gasteiger partial charge in [-0.05, 0) is 25.0 Å². The largest absolute Gasteiger partial charge is 0.481 e. The maximum atomic E-state index is 13.0. The highest BCUT2D eigenvalue weighted by molar-refractivity contribution is 5.94. The Hall–Kier alpha value is -1.74. The van der Waals surface area contributed by atoms with E-state index in [0.717, 1.165) is 36.6 Å². The lowest BCUT2D eigenvalue weighted by Gasteiger charge is -2.19. The molecule has 3 rings (SSSR count). The van der Waals surface area contributed by atoms with Gasteiger partial charge in [0.1, 0.15) is 5.82 Å². The first-order chi connectivity index (χ1) is 11.8. The van der Waals surface area contributed by atoms with Crippen molar-refractivity contribution in [2.75, 3.05) is 31.1 Å². The fraction of sp³-hybridized carbons (Fsp3) is 0.562. The third-order valence-electron chi connectivity index (χ3n) is 4.77. The number of aliphatic carboxylic acids is 1. The van der Waals surface area contributed by atoms with Crippen LogP contribution in [0.5, 0.6) is 0 Å². The number of carbonyl (C=O) groups is 2. The van der Waals surface area contributed by atoms with Crippen LogP contribution >= 0.6 is 24.8 Å². The average Bonchev–Trinajstić information content (AvgIpc) is 3.23. The van der Waals surface area contributed by atoms with Crippen LogP contribution in [0.25, 0.3) is 0 Å². The van der Waals surface area contributed by atoms with Gasteiger partial charge in [-0.15, -0.1) is 24.8 Å². The van der Waals surface area contributed by atoms with Crippen molar-refractivity contribution in [1.82, 2.24) is 9.88 Å². The van der Waals surface area contributed by atoms with Crippen molar-refractivity contribution in [3.8, 4) is 0 Å². The molecule has 1 aromatic rings. The minimum absolute atomic E-state index is 0. The highest BCUT2D eigenvalue weighted by atomic mass is 35.5. The molecule has 2 fully saturated rings. The number of rotatable bonds is 3. The van der Waals surface area contributed by atoms with Gasteiger partial charge in [-0.25, -0.2) is 4.98 Å². The zero-order valence-electron chi connectivity index (χ0n) is 14.2. The first kappa shape index (κ1) is 23.3. The Morgan fingerprint density at radius 1 is 1.11 bits per heavy atom. The van der Waals surface area contributed by atoms with Crippen LogP contribution in [0, 0.1) is 11.8 Å². The Balaban J connectivity index is 0.00000182. The second kappa shape index (κ2) is 8.97. The van der Waals surface area contributed by atoms with Crippen molar-refractivity contribution in [2.45, 2.75) is 19.0 Å². The molecule has 0 aliphatic carbocycles. The lowest BCUT2D eigenvalue weighted by Crippen LogP contribution is -2.34. The molecule has 11 heteroatoms. The van der Waals surface area contributed by atoms with Gasteiger partial charge in [0, 0.05) is 32.4 Å². The molecule has 2 saturated heterocycles. The molecular formula is C16H20Cl2F3N3O3. The predicted octanol–water partition coefficient (Wildman–Crippen LogP) is 2.86. The van der Waals surface area contributed by atoms with Gasteiger partial charge < -0.3 is 14.9 Å². The maximum absolute atomic E-state index is 13.0. The van der Waals surface area contributed by atoms with Crippen LogP contribution < -0.4 is 4.90 Å². The Labute approximate surface area is 166 Å². The topological polar surface area (TPSA) is 73.7 Å². The number of likely N-dealkylation sites (tertiary alicyclic amines) is 1. The van der Waals surface area contributed by atoms with Gasteiger partial charge in [0.15, 0.2) is 0 Å². The van der Waals surface area contributed by atoms with Gasteiger partial charge in [0.25, 0.3) is 5.91 Å². The third kappa shape index (κ3) is 4.95. The summed E-state index contributed by atoms with van der Waals surface area (Å²) in [6.07, 6.45) is -1.17. The van der Waals surface area contributed by atoms with E-state index in [9.17, 15) is 22.8 Å². The summed E-state index contributed by atoms with van der Waals surface area (Å²) in [6, 6.07) is 3.20. The molecule has 1 N–H and O–H groups in total. The maximum Gasteiger partial charge on any atom is 0.394 e. The monoisotopic (exact) mass is 429 g/mol. The average molecular weight is 430 g/mol. The predicted molar refractivity (Wildman–Crippen MR) is 96.8 cm³/mol. The Kier molecular flexibility index (Phi) is 7.74. The molecule has 27 heavy (non-hydrogen) atoms. The number of aromatic nitrogens is 1. The number of halogens is 5. The van der Waals surface area contributed by atoms with Gasteiger partial charge in [-0.3, -0.25) is 9.59 Å². The molecule has 0 saturated carbocycles.